The summed E-state index contributed by atoms with van der Waals surface area (Å²) in [5.41, 5.74) is 3.16. The van der Waals surface area contributed by atoms with Crippen molar-refractivity contribution in [3.63, 3.8) is 0 Å². The summed E-state index contributed by atoms with van der Waals surface area (Å²) < 4.78 is 10.8. The van der Waals surface area contributed by atoms with Gasteiger partial charge in [-0.1, -0.05) is 30.3 Å². The lowest BCUT2D eigenvalue weighted by Crippen LogP contribution is -2.38. The summed E-state index contributed by atoms with van der Waals surface area (Å²) in [5, 5.41) is 2.90. The van der Waals surface area contributed by atoms with Gasteiger partial charge in [0.2, 0.25) is 11.8 Å². The molecule has 0 saturated heterocycles. The molecule has 1 heterocycles. The number of carbonyl (C=O) groups is 2. The monoisotopic (exact) mass is 382 g/mol. The van der Waals surface area contributed by atoms with Gasteiger partial charge in [-0.05, 0) is 35.2 Å². The lowest BCUT2D eigenvalue weighted by Gasteiger charge is -2.31. The summed E-state index contributed by atoms with van der Waals surface area (Å²) in [7, 11) is 3.22. The number of rotatable bonds is 6. The molecule has 1 unspecified atom stereocenters. The van der Waals surface area contributed by atoms with Crippen molar-refractivity contribution < 1.29 is 19.1 Å². The van der Waals surface area contributed by atoms with Gasteiger partial charge in [0, 0.05) is 20.0 Å². The third kappa shape index (κ3) is 4.44. The van der Waals surface area contributed by atoms with E-state index in [1.54, 1.807) is 14.2 Å². The number of hydrogen-bond acceptors (Lipinski definition) is 4. The minimum atomic E-state index is -0.335. The Morgan fingerprint density at radius 2 is 1.71 bits per heavy atom. The van der Waals surface area contributed by atoms with Crippen molar-refractivity contribution in [2.45, 2.75) is 32.4 Å². The maximum atomic E-state index is 13.0. The van der Waals surface area contributed by atoms with Crippen molar-refractivity contribution in [2.24, 2.45) is 0 Å². The first-order valence-corrected chi connectivity index (χ1v) is 9.35. The number of ether oxygens (including phenoxy) is 2. The van der Waals surface area contributed by atoms with Crippen LogP contribution in [0.15, 0.2) is 42.5 Å². The molecule has 0 spiro atoms. The molecular weight excluding hydrogens is 356 g/mol. The number of fused-ring (bicyclic) bond motifs is 1. The number of nitrogens with one attached hydrogen (secondary N) is 1. The van der Waals surface area contributed by atoms with Crippen LogP contribution >= 0.6 is 0 Å². The molecule has 28 heavy (non-hydrogen) atoms. The highest BCUT2D eigenvalue weighted by molar-refractivity contribution is 5.79. The summed E-state index contributed by atoms with van der Waals surface area (Å²) in [6.45, 7) is 2.64. The van der Waals surface area contributed by atoms with E-state index in [-0.39, 0.29) is 24.3 Å². The highest BCUT2D eigenvalue weighted by Crippen LogP contribution is 2.33. The Labute approximate surface area is 165 Å². The zero-order valence-corrected chi connectivity index (χ0v) is 16.5. The number of amides is 2. The fraction of sp³-hybridized carbons (Fsp3) is 0.364. The number of methoxy groups -OCH3 is 2. The Morgan fingerprint density at radius 3 is 2.32 bits per heavy atom. The standard InChI is InChI=1S/C22H26N2O4/c1-15(25)23-19(16-7-5-4-6-8-16)13-22(26)24-10-9-17-11-20(27-2)21(28-3)12-18(17)14-24/h4-8,11-12,19H,9-10,13-14H2,1-3H3,(H,23,25). The molecule has 6 heteroatoms. The van der Waals surface area contributed by atoms with Crippen LogP contribution in [0.2, 0.25) is 0 Å². The van der Waals surface area contributed by atoms with Crippen molar-refractivity contribution in [1.82, 2.24) is 10.2 Å². The van der Waals surface area contributed by atoms with Gasteiger partial charge in [-0.15, -0.1) is 0 Å². The SMILES string of the molecule is COc1cc2c(cc1OC)CN(C(=O)CC(NC(C)=O)c1ccccc1)CC2. The van der Waals surface area contributed by atoms with Gasteiger partial charge in [0.15, 0.2) is 11.5 Å². The number of benzene rings is 2. The molecule has 2 aromatic rings. The summed E-state index contributed by atoms with van der Waals surface area (Å²) in [6.07, 6.45) is 0.990. The molecule has 1 atom stereocenters. The average molecular weight is 382 g/mol. The molecule has 0 aliphatic carbocycles. The first kappa shape index (κ1) is 19.7. The largest absolute Gasteiger partial charge is 0.493 e. The first-order valence-electron chi connectivity index (χ1n) is 9.35. The van der Waals surface area contributed by atoms with E-state index in [0.29, 0.717) is 24.6 Å². The third-order valence-corrected chi connectivity index (χ3v) is 5.03. The fourth-order valence-electron chi connectivity index (χ4n) is 3.58. The Bertz CT molecular complexity index is 851. The van der Waals surface area contributed by atoms with Crippen LogP contribution in [0.3, 0.4) is 0 Å². The van der Waals surface area contributed by atoms with Crippen LogP contribution in [0.25, 0.3) is 0 Å². The van der Waals surface area contributed by atoms with Gasteiger partial charge in [-0.3, -0.25) is 9.59 Å². The van der Waals surface area contributed by atoms with Crippen molar-refractivity contribution in [1.29, 1.82) is 0 Å². The molecule has 148 valence electrons. The Hall–Kier alpha value is -3.02. The van der Waals surface area contributed by atoms with Crippen molar-refractivity contribution in [2.75, 3.05) is 20.8 Å². The average Bonchev–Trinajstić information content (AvgIpc) is 2.72. The molecule has 3 rings (SSSR count). The zero-order valence-electron chi connectivity index (χ0n) is 16.5. The van der Waals surface area contributed by atoms with E-state index < -0.39 is 0 Å². The first-order chi connectivity index (χ1) is 13.5. The van der Waals surface area contributed by atoms with Gasteiger partial charge in [0.1, 0.15) is 0 Å². The van der Waals surface area contributed by atoms with Gasteiger partial charge in [-0.25, -0.2) is 0 Å². The van der Waals surface area contributed by atoms with Gasteiger partial charge in [-0.2, -0.15) is 0 Å². The van der Waals surface area contributed by atoms with Gasteiger partial charge >= 0.3 is 0 Å². The highest BCUT2D eigenvalue weighted by atomic mass is 16.5. The number of carbonyl (C=O) groups excluding carboxylic acids is 2. The summed E-state index contributed by atoms with van der Waals surface area (Å²) in [5.74, 6) is 1.23. The van der Waals surface area contributed by atoms with Gasteiger partial charge < -0.3 is 19.7 Å². The maximum absolute atomic E-state index is 13.0. The number of hydrogen-bond donors (Lipinski definition) is 1. The van der Waals surface area contributed by atoms with E-state index in [0.717, 1.165) is 17.5 Å². The number of nitrogens with zero attached hydrogens (tertiary/aromatic N) is 1. The summed E-state index contributed by atoms with van der Waals surface area (Å²) in [4.78, 5) is 26.4. The quantitative estimate of drug-likeness (QED) is 0.834. The Balaban J connectivity index is 1.75. The van der Waals surface area contributed by atoms with Crippen molar-refractivity contribution in [3.8, 4) is 11.5 Å². The second-order valence-electron chi connectivity index (χ2n) is 6.91. The Morgan fingerprint density at radius 1 is 1.07 bits per heavy atom. The van der Waals surface area contributed by atoms with Crippen LogP contribution in [0.1, 0.15) is 36.1 Å². The molecule has 0 radical (unpaired) electrons. The topological polar surface area (TPSA) is 67.9 Å². The van der Waals surface area contributed by atoms with Crippen LogP contribution in [-0.4, -0.2) is 37.5 Å². The lowest BCUT2D eigenvalue weighted by molar-refractivity contribution is -0.133. The lowest BCUT2D eigenvalue weighted by atomic mass is 9.97. The van der Waals surface area contributed by atoms with E-state index in [1.165, 1.54) is 12.5 Å². The van der Waals surface area contributed by atoms with Crippen LogP contribution in [-0.2, 0) is 22.6 Å². The zero-order chi connectivity index (χ0) is 20.1. The van der Waals surface area contributed by atoms with Crippen LogP contribution in [0.5, 0.6) is 11.5 Å². The van der Waals surface area contributed by atoms with Gasteiger partial charge in [0.25, 0.3) is 0 Å². The van der Waals surface area contributed by atoms with Crippen LogP contribution < -0.4 is 14.8 Å². The predicted octanol–water partition coefficient (Wildman–Crippen LogP) is 2.86. The molecular formula is C22H26N2O4. The second-order valence-corrected chi connectivity index (χ2v) is 6.91. The molecule has 0 bridgehead atoms. The van der Waals surface area contributed by atoms with Crippen LogP contribution in [0, 0.1) is 0 Å². The predicted molar refractivity (Wildman–Crippen MR) is 106 cm³/mol. The molecule has 1 aliphatic rings. The summed E-state index contributed by atoms with van der Waals surface area (Å²) >= 11 is 0. The van der Waals surface area contributed by atoms with E-state index >= 15 is 0 Å². The summed E-state index contributed by atoms with van der Waals surface area (Å²) in [6, 6.07) is 13.2. The molecule has 0 saturated carbocycles. The van der Waals surface area contributed by atoms with E-state index in [4.69, 9.17) is 9.47 Å². The Kier molecular flexibility index (Phi) is 6.19. The third-order valence-electron chi connectivity index (χ3n) is 5.03. The van der Waals surface area contributed by atoms with E-state index in [9.17, 15) is 9.59 Å². The molecule has 0 aromatic heterocycles. The van der Waals surface area contributed by atoms with Crippen molar-refractivity contribution in [3.05, 3.63) is 59.2 Å². The van der Waals surface area contributed by atoms with E-state index in [1.807, 2.05) is 47.4 Å². The molecule has 0 fully saturated rings. The maximum Gasteiger partial charge on any atom is 0.225 e. The molecule has 2 amide bonds. The van der Waals surface area contributed by atoms with Crippen molar-refractivity contribution >= 4 is 11.8 Å². The molecule has 6 nitrogen and oxygen atoms in total. The second kappa shape index (κ2) is 8.78. The smallest absolute Gasteiger partial charge is 0.225 e. The van der Waals surface area contributed by atoms with Gasteiger partial charge in [0.05, 0.1) is 26.7 Å². The molecule has 2 aromatic carbocycles. The molecule has 1 aliphatic heterocycles. The van der Waals surface area contributed by atoms with Crippen LogP contribution in [0.4, 0.5) is 0 Å². The normalized spacial score (nSPS) is 14.0. The minimum Gasteiger partial charge on any atom is -0.493 e. The highest BCUT2D eigenvalue weighted by Gasteiger charge is 2.25. The molecule has 1 N–H and O–H groups in total. The fourth-order valence-corrected chi connectivity index (χ4v) is 3.58. The minimum absolute atomic E-state index is 0.0167. The van der Waals surface area contributed by atoms with E-state index in [2.05, 4.69) is 5.32 Å².